The molecular formula is C13H23NO. The van der Waals surface area contributed by atoms with Gasteiger partial charge in [0.15, 0.2) is 0 Å². The van der Waals surface area contributed by atoms with Crippen molar-refractivity contribution in [1.82, 2.24) is 5.32 Å². The normalized spacial score (nSPS) is 27.1. The Morgan fingerprint density at radius 2 is 2.33 bits per heavy atom. The largest absolute Gasteiger partial charge is 0.378 e. The highest BCUT2D eigenvalue weighted by Crippen LogP contribution is 2.24. The lowest BCUT2D eigenvalue weighted by Gasteiger charge is -2.22. The van der Waals surface area contributed by atoms with Gasteiger partial charge >= 0.3 is 0 Å². The van der Waals surface area contributed by atoms with Gasteiger partial charge in [-0.05, 0) is 33.2 Å². The van der Waals surface area contributed by atoms with E-state index in [0.717, 1.165) is 26.0 Å². The zero-order valence-corrected chi connectivity index (χ0v) is 10.2. The Kier molecular flexibility index (Phi) is 5.75. The van der Waals surface area contributed by atoms with Crippen LogP contribution in [0.25, 0.3) is 0 Å². The van der Waals surface area contributed by atoms with Gasteiger partial charge in [0, 0.05) is 18.4 Å². The number of rotatable bonds is 5. The molecule has 0 aliphatic carbocycles. The molecule has 0 spiro atoms. The lowest BCUT2D eigenvalue weighted by molar-refractivity contribution is 0.116. The van der Waals surface area contributed by atoms with Crippen LogP contribution in [0.15, 0.2) is 0 Å². The maximum Gasteiger partial charge on any atom is 0.0551 e. The Hall–Kier alpha value is -0.520. The van der Waals surface area contributed by atoms with Crippen molar-refractivity contribution in [2.45, 2.75) is 52.2 Å². The van der Waals surface area contributed by atoms with Gasteiger partial charge in [0.2, 0.25) is 0 Å². The third-order valence-electron chi connectivity index (χ3n) is 3.02. The summed E-state index contributed by atoms with van der Waals surface area (Å²) in [6.07, 6.45) is 3.78. The Labute approximate surface area is 93.8 Å². The van der Waals surface area contributed by atoms with Gasteiger partial charge in [0.25, 0.3) is 0 Å². The van der Waals surface area contributed by atoms with Crippen LogP contribution in [0.3, 0.4) is 0 Å². The Bertz CT molecular complexity index is 228. The van der Waals surface area contributed by atoms with Crippen molar-refractivity contribution in [1.29, 1.82) is 0 Å². The predicted octanol–water partition coefficient (Wildman–Crippen LogP) is 2.19. The molecule has 1 aliphatic rings. The van der Waals surface area contributed by atoms with E-state index < -0.39 is 0 Å². The van der Waals surface area contributed by atoms with Crippen molar-refractivity contribution in [3.63, 3.8) is 0 Å². The lowest BCUT2D eigenvalue weighted by Crippen LogP contribution is -2.36. The molecular weight excluding hydrogens is 186 g/mol. The summed E-state index contributed by atoms with van der Waals surface area (Å²) in [7, 11) is 0. The van der Waals surface area contributed by atoms with Crippen LogP contribution in [-0.2, 0) is 4.74 Å². The molecule has 2 heteroatoms. The minimum atomic E-state index is 0.438. The lowest BCUT2D eigenvalue weighted by atomic mass is 9.93. The molecule has 3 unspecified atom stereocenters. The van der Waals surface area contributed by atoms with E-state index in [1.165, 1.54) is 6.42 Å². The van der Waals surface area contributed by atoms with Crippen LogP contribution in [0.4, 0.5) is 0 Å². The second kappa shape index (κ2) is 6.87. The molecule has 1 N–H and O–H groups in total. The molecule has 2 nitrogen and oxygen atoms in total. The molecule has 0 aromatic rings. The summed E-state index contributed by atoms with van der Waals surface area (Å²) in [5, 5.41) is 3.56. The summed E-state index contributed by atoms with van der Waals surface area (Å²) in [5.41, 5.74) is 0. The summed E-state index contributed by atoms with van der Waals surface area (Å²) in [6.45, 7) is 8.18. The van der Waals surface area contributed by atoms with Crippen molar-refractivity contribution < 1.29 is 4.74 Å². The molecule has 1 rings (SSSR count). The molecule has 0 amide bonds. The van der Waals surface area contributed by atoms with Gasteiger partial charge in [0.1, 0.15) is 0 Å². The highest BCUT2D eigenvalue weighted by Gasteiger charge is 2.28. The minimum Gasteiger partial charge on any atom is -0.378 e. The van der Waals surface area contributed by atoms with Crippen molar-refractivity contribution >= 4 is 0 Å². The number of ether oxygens (including phenoxy) is 1. The maximum absolute atomic E-state index is 5.62. The summed E-state index contributed by atoms with van der Waals surface area (Å²) >= 11 is 0. The summed E-state index contributed by atoms with van der Waals surface area (Å²) < 4.78 is 5.62. The Morgan fingerprint density at radius 3 is 2.87 bits per heavy atom. The van der Waals surface area contributed by atoms with Gasteiger partial charge in [-0.15, -0.1) is 11.8 Å². The molecule has 1 aliphatic heterocycles. The highest BCUT2D eigenvalue weighted by molar-refractivity contribution is 4.96. The first-order chi connectivity index (χ1) is 7.27. The third kappa shape index (κ3) is 4.24. The first-order valence-electron chi connectivity index (χ1n) is 6.02. The number of hydrogen-bond acceptors (Lipinski definition) is 2. The number of nitrogens with one attached hydrogen (secondary N) is 1. The fourth-order valence-corrected chi connectivity index (χ4v) is 2.25. The van der Waals surface area contributed by atoms with Gasteiger partial charge in [0.05, 0.1) is 12.7 Å². The van der Waals surface area contributed by atoms with Gasteiger partial charge in [-0.1, -0.05) is 6.92 Å². The quantitative estimate of drug-likeness (QED) is 0.701. The minimum absolute atomic E-state index is 0.438. The molecule has 0 saturated carbocycles. The van der Waals surface area contributed by atoms with Gasteiger partial charge in [-0.25, -0.2) is 0 Å². The highest BCUT2D eigenvalue weighted by atomic mass is 16.5. The molecule has 1 heterocycles. The van der Waals surface area contributed by atoms with Crippen molar-refractivity contribution in [2.24, 2.45) is 5.92 Å². The molecule has 15 heavy (non-hydrogen) atoms. The van der Waals surface area contributed by atoms with E-state index in [-0.39, 0.29) is 0 Å². The topological polar surface area (TPSA) is 21.3 Å². The molecule has 0 aromatic carbocycles. The van der Waals surface area contributed by atoms with Crippen molar-refractivity contribution in [3.05, 3.63) is 0 Å². The molecule has 0 radical (unpaired) electrons. The van der Waals surface area contributed by atoms with Crippen molar-refractivity contribution in [3.8, 4) is 11.8 Å². The first kappa shape index (κ1) is 12.5. The van der Waals surface area contributed by atoms with E-state index in [1.807, 2.05) is 6.92 Å². The average molecular weight is 209 g/mol. The van der Waals surface area contributed by atoms with Crippen LogP contribution in [0.2, 0.25) is 0 Å². The third-order valence-corrected chi connectivity index (χ3v) is 3.02. The first-order valence-corrected chi connectivity index (χ1v) is 6.02. The molecule has 3 atom stereocenters. The van der Waals surface area contributed by atoms with Crippen LogP contribution in [0.1, 0.15) is 40.0 Å². The molecule has 0 bridgehead atoms. The van der Waals surface area contributed by atoms with Gasteiger partial charge in [-0.2, -0.15) is 0 Å². The smallest absolute Gasteiger partial charge is 0.0551 e. The van der Waals surface area contributed by atoms with Crippen LogP contribution in [-0.4, -0.2) is 25.3 Å². The standard InChI is InChI=1S/C13H23NO/c1-4-6-7-8-13(14-5-2)12-9-11(3)15-10-12/h11-14H,5,7-10H2,1-3H3. The SMILES string of the molecule is CC#CCCC(NCC)C1COC(C)C1. The molecule has 1 saturated heterocycles. The van der Waals surface area contributed by atoms with Gasteiger partial charge < -0.3 is 10.1 Å². The van der Waals surface area contributed by atoms with Crippen LogP contribution in [0.5, 0.6) is 0 Å². The zero-order valence-electron chi connectivity index (χ0n) is 10.2. The fourth-order valence-electron chi connectivity index (χ4n) is 2.25. The predicted molar refractivity (Wildman–Crippen MR) is 63.7 cm³/mol. The average Bonchev–Trinajstić information content (AvgIpc) is 2.64. The summed E-state index contributed by atoms with van der Waals surface area (Å²) in [5.74, 6) is 6.78. The van der Waals surface area contributed by atoms with E-state index >= 15 is 0 Å². The van der Waals surface area contributed by atoms with Crippen LogP contribution >= 0.6 is 0 Å². The summed E-state index contributed by atoms with van der Waals surface area (Å²) in [6, 6.07) is 0.584. The summed E-state index contributed by atoms with van der Waals surface area (Å²) in [4.78, 5) is 0. The van der Waals surface area contributed by atoms with Crippen LogP contribution < -0.4 is 5.32 Å². The molecule has 86 valence electrons. The molecule has 0 aromatic heterocycles. The Morgan fingerprint density at radius 1 is 1.53 bits per heavy atom. The zero-order chi connectivity index (χ0) is 11.1. The van der Waals surface area contributed by atoms with E-state index in [0.29, 0.717) is 18.1 Å². The molecule has 1 fully saturated rings. The second-order valence-electron chi connectivity index (χ2n) is 4.27. The van der Waals surface area contributed by atoms with Crippen molar-refractivity contribution in [2.75, 3.05) is 13.2 Å². The maximum atomic E-state index is 5.62. The van der Waals surface area contributed by atoms with E-state index in [9.17, 15) is 0 Å². The fraction of sp³-hybridized carbons (Fsp3) is 0.846. The van der Waals surface area contributed by atoms with E-state index in [1.54, 1.807) is 0 Å². The monoisotopic (exact) mass is 209 g/mol. The van der Waals surface area contributed by atoms with Gasteiger partial charge in [-0.3, -0.25) is 0 Å². The number of hydrogen-bond donors (Lipinski definition) is 1. The Balaban J connectivity index is 2.37. The second-order valence-corrected chi connectivity index (χ2v) is 4.27. The van der Waals surface area contributed by atoms with E-state index in [2.05, 4.69) is 31.0 Å². The van der Waals surface area contributed by atoms with E-state index in [4.69, 9.17) is 4.74 Å². The van der Waals surface area contributed by atoms with Crippen LogP contribution in [0, 0.1) is 17.8 Å².